The number of ether oxygens (including phenoxy) is 4. The maximum absolute atomic E-state index is 13.1. The van der Waals surface area contributed by atoms with Crippen molar-refractivity contribution in [2.75, 3.05) is 39.6 Å². The van der Waals surface area contributed by atoms with E-state index in [-0.39, 0.29) is 25.7 Å². The molecule has 17 nitrogen and oxygen atoms in total. The van der Waals surface area contributed by atoms with Crippen LogP contribution in [0.2, 0.25) is 0 Å². The third-order valence-electron chi connectivity index (χ3n) is 19.0. The number of unbranched alkanes of at least 4 members (excludes halogenated alkanes) is 50. The van der Waals surface area contributed by atoms with Crippen molar-refractivity contribution in [2.24, 2.45) is 11.8 Å². The van der Waals surface area contributed by atoms with Crippen LogP contribution in [0.1, 0.15) is 427 Å². The number of aliphatic hydroxyl groups is 1. The molecule has 0 aliphatic carbocycles. The summed E-state index contributed by atoms with van der Waals surface area (Å²) in [5.41, 5.74) is 0. The van der Waals surface area contributed by atoms with Crippen LogP contribution in [0.25, 0.3) is 0 Å². The Bertz CT molecular complexity index is 1920. The van der Waals surface area contributed by atoms with Gasteiger partial charge in [-0.25, -0.2) is 9.13 Å². The molecular formula is C81H158O17P2. The second-order valence-electron chi connectivity index (χ2n) is 30.1. The summed E-state index contributed by atoms with van der Waals surface area (Å²) in [7, 11) is -9.92. The molecule has 0 saturated carbocycles. The van der Waals surface area contributed by atoms with Crippen LogP contribution in [0.5, 0.6) is 0 Å². The molecule has 0 radical (unpaired) electrons. The van der Waals surface area contributed by atoms with Crippen molar-refractivity contribution in [1.82, 2.24) is 0 Å². The number of phosphoric ester groups is 2. The van der Waals surface area contributed by atoms with Gasteiger partial charge in [-0.05, 0) is 37.5 Å². The van der Waals surface area contributed by atoms with Gasteiger partial charge in [0.05, 0.1) is 26.4 Å². The zero-order valence-electron chi connectivity index (χ0n) is 65.5. The maximum atomic E-state index is 13.1. The maximum Gasteiger partial charge on any atom is 0.472 e. The van der Waals surface area contributed by atoms with E-state index in [4.69, 9.17) is 37.0 Å². The number of carbonyl (C=O) groups excluding carboxylic acids is 4. The van der Waals surface area contributed by atoms with Gasteiger partial charge < -0.3 is 33.8 Å². The smallest absolute Gasteiger partial charge is 0.462 e. The van der Waals surface area contributed by atoms with Crippen molar-refractivity contribution < 1.29 is 80.2 Å². The van der Waals surface area contributed by atoms with Crippen LogP contribution in [0, 0.1) is 11.8 Å². The summed E-state index contributed by atoms with van der Waals surface area (Å²) >= 11 is 0. The van der Waals surface area contributed by atoms with Crippen LogP contribution in [0.4, 0.5) is 0 Å². The van der Waals surface area contributed by atoms with Gasteiger partial charge in [0.1, 0.15) is 19.3 Å². The number of esters is 4. The molecule has 0 heterocycles. The van der Waals surface area contributed by atoms with E-state index in [1.807, 2.05) is 0 Å². The average molecular weight is 1470 g/mol. The molecule has 0 aromatic heterocycles. The number of carbonyl (C=O) groups is 4. The Morgan fingerprint density at radius 1 is 0.270 bits per heavy atom. The second-order valence-corrected chi connectivity index (χ2v) is 33.0. The van der Waals surface area contributed by atoms with Crippen LogP contribution in [0.15, 0.2) is 0 Å². The predicted molar refractivity (Wildman–Crippen MR) is 409 cm³/mol. The first kappa shape index (κ1) is 98.1. The van der Waals surface area contributed by atoms with Crippen LogP contribution in [-0.2, 0) is 65.4 Å². The molecule has 0 amide bonds. The SMILES string of the molecule is CCCCCCCCCCCCCCCCCC(=O)O[C@H](COC(=O)CCCCCCCCCCCCC)COP(=O)(O)OC[C@H](O)COP(=O)(O)OC[C@@H](COC(=O)CCCCCCCCCCCCCCCCC(C)C)OC(=O)CCCCCCCCCCCCCCCCC(C)C. The van der Waals surface area contributed by atoms with Crippen LogP contribution >= 0.6 is 15.6 Å². The van der Waals surface area contributed by atoms with Gasteiger partial charge in [-0.3, -0.25) is 37.3 Å². The number of hydrogen-bond acceptors (Lipinski definition) is 15. The number of phosphoric acid groups is 2. The average Bonchev–Trinajstić information content (AvgIpc) is 1.04. The lowest BCUT2D eigenvalue weighted by Crippen LogP contribution is -2.30. The molecule has 0 saturated heterocycles. The molecule has 5 atom stereocenters. The molecule has 0 aromatic carbocycles. The van der Waals surface area contributed by atoms with Gasteiger partial charge in [0, 0.05) is 25.7 Å². The highest BCUT2D eigenvalue weighted by atomic mass is 31.2. The topological polar surface area (TPSA) is 237 Å². The van der Waals surface area contributed by atoms with E-state index in [0.29, 0.717) is 25.7 Å². The van der Waals surface area contributed by atoms with Crippen molar-refractivity contribution in [3.63, 3.8) is 0 Å². The summed E-state index contributed by atoms with van der Waals surface area (Å²) < 4.78 is 68.7. The summed E-state index contributed by atoms with van der Waals surface area (Å²) in [5, 5.41) is 10.6. The third kappa shape index (κ3) is 74.3. The molecule has 0 aromatic rings. The minimum Gasteiger partial charge on any atom is -0.462 e. The number of hydrogen-bond donors (Lipinski definition) is 3. The summed E-state index contributed by atoms with van der Waals surface area (Å²) in [4.78, 5) is 73.1. The van der Waals surface area contributed by atoms with E-state index in [1.54, 1.807) is 0 Å². The van der Waals surface area contributed by atoms with Crippen molar-refractivity contribution in [2.45, 2.75) is 445 Å². The van der Waals surface area contributed by atoms with Gasteiger partial charge in [0.2, 0.25) is 0 Å². The Morgan fingerprint density at radius 3 is 0.680 bits per heavy atom. The van der Waals surface area contributed by atoms with E-state index >= 15 is 0 Å². The largest absolute Gasteiger partial charge is 0.472 e. The van der Waals surface area contributed by atoms with E-state index in [9.17, 15) is 43.2 Å². The van der Waals surface area contributed by atoms with Crippen molar-refractivity contribution >= 4 is 39.5 Å². The van der Waals surface area contributed by atoms with Crippen molar-refractivity contribution in [3.8, 4) is 0 Å². The first-order chi connectivity index (χ1) is 48.4. The van der Waals surface area contributed by atoms with Gasteiger partial charge in [-0.15, -0.1) is 0 Å². The first-order valence-electron chi connectivity index (χ1n) is 42.0. The monoisotopic (exact) mass is 1470 g/mol. The summed E-state index contributed by atoms with van der Waals surface area (Å²) in [5.74, 6) is -0.511. The first-order valence-corrected chi connectivity index (χ1v) is 45.0. The molecule has 19 heteroatoms. The molecule has 100 heavy (non-hydrogen) atoms. The summed E-state index contributed by atoms with van der Waals surface area (Å²) in [6.07, 6.45) is 62.2. The normalized spacial score (nSPS) is 13.9. The highest BCUT2D eigenvalue weighted by Gasteiger charge is 2.30. The molecular weight excluding hydrogens is 1310 g/mol. The molecule has 3 N–H and O–H groups in total. The Balaban J connectivity index is 5.25. The Morgan fingerprint density at radius 2 is 0.460 bits per heavy atom. The van der Waals surface area contributed by atoms with Gasteiger partial charge in [0.25, 0.3) is 0 Å². The Kier molecular flexibility index (Phi) is 71.2. The molecule has 0 aliphatic heterocycles. The lowest BCUT2D eigenvalue weighted by atomic mass is 10.0. The van der Waals surface area contributed by atoms with Crippen molar-refractivity contribution in [3.05, 3.63) is 0 Å². The fourth-order valence-electron chi connectivity index (χ4n) is 12.5. The van der Waals surface area contributed by atoms with E-state index in [0.717, 1.165) is 102 Å². The molecule has 0 rings (SSSR count). The second kappa shape index (κ2) is 72.6. The molecule has 2 unspecified atom stereocenters. The molecule has 594 valence electrons. The zero-order valence-corrected chi connectivity index (χ0v) is 67.3. The van der Waals surface area contributed by atoms with Gasteiger partial charge in [0.15, 0.2) is 12.2 Å². The molecule has 0 spiro atoms. The molecule has 0 aliphatic rings. The highest BCUT2D eigenvalue weighted by Crippen LogP contribution is 2.45. The minimum atomic E-state index is -4.96. The fourth-order valence-corrected chi connectivity index (χ4v) is 14.1. The van der Waals surface area contributed by atoms with E-state index in [2.05, 4.69) is 41.5 Å². The zero-order chi connectivity index (χ0) is 73.5. The quantitative estimate of drug-likeness (QED) is 0.0222. The fraction of sp³-hybridized carbons (Fsp3) is 0.951. The predicted octanol–water partition coefficient (Wildman–Crippen LogP) is 24.3. The van der Waals surface area contributed by atoms with Gasteiger partial charge in [-0.2, -0.15) is 0 Å². The van der Waals surface area contributed by atoms with Crippen molar-refractivity contribution in [1.29, 1.82) is 0 Å². The Hall–Kier alpha value is -1.94. The van der Waals surface area contributed by atoms with Crippen LogP contribution in [-0.4, -0.2) is 96.7 Å². The van der Waals surface area contributed by atoms with Gasteiger partial charge in [-0.1, -0.05) is 375 Å². The van der Waals surface area contributed by atoms with Crippen LogP contribution < -0.4 is 0 Å². The Labute approximate surface area is 613 Å². The van der Waals surface area contributed by atoms with Crippen LogP contribution in [0.3, 0.4) is 0 Å². The number of aliphatic hydroxyl groups excluding tert-OH is 1. The molecule has 0 fully saturated rings. The third-order valence-corrected chi connectivity index (χ3v) is 20.9. The highest BCUT2D eigenvalue weighted by molar-refractivity contribution is 7.47. The molecule has 0 bridgehead atoms. The lowest BCUT2D eigenvalue weighted by molar-refractivity contribution is -0.161. The lowest BCUT2D eigenvalue weighted by Gasteiger charge is -2.21. The number of rotatable bonds is 80. The summed E-state index contributed by atoms with van der Waals surface area (Å²) in [6.45, 7) is 9.69. The van der Waals surface area contributed by atoms with E-state index in [1.165, 1.54) is 244 Å². The minimum absolute atomic E-state index is 0.108. The summed E-state index contributed by atoms with van der Waals surface area (Å²) in [6, 6.07) is 0. The van der Waals surface area contributed by atoms with E-state index < -0.39 is 97.5 Å². The standard InChI is InChI=1S/C81H158O17P2/c1-7-9-11-13-15-17-19-20-21-29-35-41-47-53-59-65-80(85)97-76(69-91-78(83)63-57-51-45-39-31-18-16-14-12-10-8-2)71-95-99(87,88)93-67-75(82)68-94-100(89,90)96-72-77(98-81(86)66-60-54-48-42-36-30-25-23-27-33-38-44-50-56-62-74(5)6)70-92-79(84)64-58-52-46-40-34-28-24-22-26-32-37-43-49-55-61-73(3)4/h73-77,82H,7-72H2,1-6H3,(H,87,88)(H,89,90)/t75-,76+,77+/m0/s1. The van der Waals surface area contributed by atoms with Gasteiger partial charge >= 0.3 is 39.5 Å².